The van der Waals surface area contributed by atoms with Gasteiger partial charge in [-0.2, -0.15) is 13.2 Å². The Morgan fingerprint density at radius 1 is 1.24 bits per heavy atom. The van der Waals surface area contributed by atoms with Crippen LogP contribution in [0.15, 0.2) is 6.07 Å². The van der Waals surface area contributed by atoms with Crippen LogP contribution in [0.5, 0.6) is 5.06 Å². The molecule has 0 radical (unpaired) electrons. The number of fused-ring (bicyclic) bond motifs is 1. The third-order valence-corrected chi connectivity index (χ3v) is 6.02. The molecule has 9 heteroatoms. The average molecular weight is 381 g/mol. The van der Waals surface area contributed by atoms with Crippen molar-refractivity contribution in [2.75, 3.05) is 32.8 Å². The highest BCUT2D eigenvalue weighted by atomic mass is 32.1. The number of hydrogen-bond acceptors (Lipinski definition) is 5. The summed E-state index contributed by atoms with van der Waals surface area (Å²) in [6, 6.07) is 1.69. The van der Waals surface area contributed by atoms with E-state index in [1.54, 1.807) is 11.1 Å². The second-order valence-corrected chi connectivity index (χ2v) is 7.98. The zero-order chi connectivity index (χ0) is 18.1. The van der Waals surface area contributed by atoms with E-state index in [0.717, 1.165) is 23.4 Å². The summed E-state index contributed by atoms with van der Waals surface area (Å²) < 4.78 is 56.4. The lowest BCUT2D eigenvalue weighted by atomic mass is 9.90. The molecule has 0 spiro atoms. The van der Waals surface area contributed by atoms with Crippen LogP contribution in [-0.4, -0.2) is 54.5 Å². The van der Waals surface area contributed by atoms with E-state index < -0.39 is 18.5 Å². The van der Waals surface area contributed by atoms with Crippen molar-refractivity contribution in [2.24, 2.45) is 5.84 Å². The van der Waals surface area contributed by atoms with Gasteiger partial charge in [0.15, 0.2) is 11.7 Å². The Hall–Kier alpha value is -0.900. The molecule has 1 aromatic rings. The van der Waals surface area contributed by atoms with E-state index in [1.165, 1.54) is 11.3 Å². The number of halogens is 4. The highest BCUT2D eigenvalue weighted by Gasteiger charge is 2.34. The van der Waals surface area contributed by atoms with Gasteiger partial charge in [0.25, 0.3) is 0 Å². The Bertz CT molecular complexity index is 584. The summed E-state index contributed by atoms with van der Waals surface area (Å²) in [5.74, 6) is 5.68. The first-order chi connectivity index (χ1) is 11.7. The molecule has 1 saturated heterocycles. The number of ether oxygens (including phenoxy) is 1. The Balaban J connectivity index is 1.50. The lowest BCUT2D eigenvalue weighted by Gasteiger charge is -2.36. The van der Waals surface area contributed by atoms with Crippen molar-refractivity contribution in [1.29, 1.82) is 0 Å². The van der Waals surface area contributed by atoms with E-state index in [9.17, 15) is 17.6 Å². The minimum atomic E-state index is -4.33. The van der Waals surface area contributed by atoms with Gasteiger partial charge in [0.2, 0.25) is 0 Å². The quantitative estimate of drug-likeness (QED) is 0.629. The summed E-state index contributed by atoms with van der Waals surface area (Å²) in [4.78, 5) is 3.23. The molecule has 2 N–H and O–H groups in total. The van der Waals surface area contributed by atoms with Gasteiger partial charge in [-0.1, -0.05) is 0 Å². The highest BCUT2D eigenvalue weighted by molar-refractivity contribution is 7.14. The van der Waals surface area contributed by atoms with Crippen molar-refractivity contribution >= 4 is 11.3 Å². The fourth-order valence-corrected chi connectivity index (χ4v) is 4.32. The van der Waals surface area contributed by atoms with Gasteiger partial charge in [0, 0.05) is 37.6 Å². The van der Waals surface area contributed by atoms with Crippen LogP contribution < -0.4 is 10.6 Å². The van der Waals surface area contributed by atoms with Crippen LogP contribution in [0.4, 0.5) is 17.6 Å². The van der Waals surface area contributed by atoms with Gasteiger partial charge in [0.05, 0.1) is 0 Å². The largest absolute Gasteiger partial charge is 0.475 e. The first kappa shape index (κ1) is 18.9. The number of rotatable bonds is 5. The third kappa shape index (κ3) is 5.29. The molecular weight excluding hydrogens is 358 g/mol. The van der Waals surface area contributed by atoms with Gasteiger partial charge >= 0.3 is 6.18 Å². The van der Waals surface area contributed by atoms with Gasteiger partial charge < -0.3 is 4.74 Å². The summed E-state index contributed by atoms with van der Waals surface area (Å²) in [5.41, 5.74) is -0.163. The van der Waals surface area contributed by atoms with Crippen LogP contribution in [0, 0.1) is 0 Å². The van der Waals surface area contributed by atoms with E-state index in [4.69, 9.17) is 10.6 Å². The van der Waals surface area contributed by atoms with E-state index in [0.29, 0.717) is 50.5 Å². The maximum Gasteiger partial charge on any atom is 0.422 e. The number of thiophene rings is 1. The SMILES string of the molecule is NN1CCC(F)(CCN2CCc3sc(OCC(F)(F)F)cc3C2)CC1. The number of alkyl halides is 4. The highest BCUT2D eigenvalue weighted by Crippen LogP contribution is 2.35. The first-order valence-electron chi connectivity index (χ1n) is 8.44. The summed E-state index contributed by atoms with van der Waals surface area (Å²) >= 11 is 1.28. The molecule has 2 aliphatic rings. The van der Waals surface area contributed by atoms with Crippen molar-refractivity contribution in [3.8, 4) is 5.06 Å². The number of hydrogen-bond donors (Lipinski definition) is 1. The molecule has 0 bridgehead atoms. The second kappa shape index (κ2) is 7.38. The molecule has 0 aromatic carbocycles. The molecule has 0 aliphatic carbocycles. The van der Waals surface area contributed by atoms with Crippen LogP contribution in [0.1, 0.15) is 29.7 Å². The standard InChI is InChI=1S/C16H23F4N3OS/c17-15(3-7-23(21)8-4-15)2-6-22-5-1-13-12(10-22)9-14(25-13)24-11-16(18,19)20/h9H,1-8,10-11,21H2. The molecule has 142 valence electrons. The molecule has 2 aliphatic heterocycles. The van der Waals surface area contributed by atoms with Crippen molar-refractivity contribution in [3.63, 3.8) is 0 Å². The summed E-state index contributed by atoms with van der Waals surface area (Å²) in [6.07, 6.45) is -2.18. The molecule has 25 heavy (non-hydrogen) atoms. The summed E-state index contributed by atoms with van der Waals surface area (Å²) in [5, 5.41) is 1.96. The van der Waals surface area contributed by atoms with Crippen LogP contribution in [0.25, 0.3) is 0 Å². The number of hydrazine groups is 1. The lowest BCUT2D eigenvalue weighted by molar-refractivity contribution is -0.152. The van der Waals surface area contributed by atoms with Crippen LogP contribution in [-0.2, 0) is 13.0 Å². The Morgan fingerprint density at radius 3 is 2.64 bits per heavy atom. The summed E-state index contributed by atoms with van der Waals surface area (Å²) in [7, 11) is 0. The van der Waals surface area contributed by atoms with Crippen molar-refractivity contribution in [3.05, 3.63) is 16.5 Å². The van der Waals surface area contributed by atoms with Gasteiger partial charge in [-0.3, -0.25) is 10.7 Å². The molecule has 0 atom stereocenters. The fraction of sp³-hybridized carbons (Fsp3) is 0.750. The number of nitrogens with zero attached hydrogens (tertiary/aromatic N) is 2. The predicted molar refractivity (Wildman–Crippen MR) is 88.3 cm³/mol. The topological polar surface area (TPSA) is 41.7 Å². The van der Waals surface area contributed by atoms with Crippen LogP contribution in [0.2, 0.25) is 0 Å². The maximum atomic E-state index is 14.8. The van der Waals surface area contributed by atoms with E-state index in [2.05, 4.69) is 4.90 Å². The zero-order valence-corrected chi connectivity index (χ0v) is 14.8. The smallest absolute Gasteiger partial charge is 0.422 e. The Labute approximate surface area is 148 Å². The van der Waals surface area contributed by atoms with Gasteiger partial charge in [-0.05, 0) is 37.3 Å². The molecule has 0 unspecified atom stereocenters. The minimum absolute atomic E-state index is 0.307. The van der Waals surface area contributed by atoms with Gasteiger partial charge in [-0.25, -0.2) is 9.40 Å². The lowest BCUT2D eigenvalue weighted by Crippen LogP contribution is -2.46. The number of piperidine rings is 1. The van der Waals surface area contributed by atoms with E-state index in [-0.39, 0.29) is 0 Å². The van der Waals surface area contributed by atoms with Crippen molar-refractivity contribution in [2.45, 2.75) is 44.1 Å². The number of nitrogens with two attached hydrogens (primary N) is 1. The van der Waals surface area contributed by atoms with Crippen molar-refractivity contribution < 1.29 is 22.3 Å². The van der Waals surface area contributed by atoms with Crippen LogP contribution in [0.3, 0.4) is 0 Å². The fourth-order valence-electron chi connectivity index (χ4n) is 3.31. The zero-order valence-electron chi connectivity index (χ0n) is 13.9. The summed E-state index contributed by atoms with van der Waals surface area (Å²) in [6.45, 7) is 1.97. The molecular formula is C16H23F4N3OS. The predicted octanol–water partition coefficient (Wildman–Crippen LogP) is 3.12. The average Bonchev–Trinajstić information content (AvgIpc) is 2.96. The molecule has 0 saturated carbocycles. The maximum absolute atomic E-state index is 14.8. The molecule has 3 rings (SSSR count). The third-order valence-electron chi connectivity index (χ3n) is 4.87. The molecule has 0 amide bonds. The van der Waals surface area contributed by atoms with Gasteiger partial charge in [0.1, 0.15) is 5.67 Å². The Morgan fingerprint density at radius 2 is 1.96 bits per heavy atom. The Kier molecular flexibility index (Phi) is 5.57. The van der Waals surface area contributed by atoms with Crippen molar-refractivity contribution in [1.82, 2.24) is 9.91 Å². The molecule has 4 nitrogen and oxygen atoms in total. The van der Waals surface area contributed by atoms with Gasteiger partial charge in [-0.15, -0.1) is 11.3 Å². The molecule has 3 heterocycles. The second-order valence-electron chi connectivity index (χ2n) is 6.88. The van der Waals surface area contributed by atoms with Crippen LogP contribution >= 0.6 is 11.3 Å². The first-order valence-corrected chi connectivity index (χ1v) is 9.26. The van der Waals surface area contributed by atoms with E-state index >= 15 is 0 Å². The normalized spacial score (nSPS) is 22.0. The molecule has 1 aromatic heterocycles. The monoisotopic (exact) mass is 381 g/mol. The van der Waals surface area contributed by atoms with E-state index in [1.807, 2.05) is 0 Å². The minimum Gasteiger partial charge on any atom is -0.475 e. The molecule has 1 fully saturated rings.